The molecule has 258 valence electrons. The van der Waals surface area contributed by atoms with E-state index in [1.54, 1.807) is 0 Å². The summed E-state index contributed by atoms with van der Waals surface area (Å²) < 4.78 is 13.8. The normalized spacial score (nSPS) is 11.8. The van der Waals surface area contributed by atoms with Crippen LogP contribution in [0, 0.1) is 0 Å². The zero-order valence-corrected chi connectivity index (χ0v) is 29.8. The summed E-state index contributed by atoms with van der Waals surface area (Å²) >= 11 is 0. The lowest BCUT2D eigenvalue weighted by molar-refractivity contribution is 0.489. The Morgan fingerprint density at radius 2 is 1.00 bits per heavy atom. The van der Waals surface area contributed by atoms with E-state index in [0.717, 1.165) is 95.0 Å². The molecule has 1 aliphatic heterocycles. The Hall–Kier alpha value is -7.36. The molecule has 11 rings (SSSR count). The maximum absolute atomic E-state index is 7.26. The molecule has 3 nitrogen and oxygen atoms in total. The number of nitrogens with zero attached hydrogens (tertiary/aromatic N) is 1. The fourth-order valence-corrected chi connectivity index (χ4v) is 8.41. The highest BCUT2D eigenvalue weighted by atomic mass is 16.5. The number of hydrogen-bond donors (Lipinski definition) is 0. The smallest absolute Gasteiger partial charge is 0.143 e. The van der Waals surface area contributed by atoms with Gasteiger partial charge in [0.25, 0.3) is 0 Å². The SMILES string of the molecule is c1ccc(-c2ccccc2N(c2ccc3c(c2)oc2ccccc23)c2cccc3c2-c2c(ccc4ccccc24)-c2cccc(-c4ccccc4)c2O3)cc1. The lowest BCUT2D eigenvalue weighted by Gasteiger charge is -2.30. The van der Waals surface area contributed by atoms with E-state index < -0.39 is 0 Å². The van der Waals surface area contributed by atoms with Crippen molar-refractivity contribution < 1.29 is 9.15 Å². The molecule has 1 aromatic heterocycles. The molecule has 0 saturated heterocycles. The highest BCUT2D eigenvalue weighted by Crippen LogP contribution is 2.56. The van der Waals surface area contributed by atoms with Gasteiger partial charge in [-0.1, -0.05) is 158 Å². The first-order chi connectivity index (χ1) is 27.3. The zero-order chi connectivity index (χ0) is 36.3. The van der Waals surface area contributed by atoms with Crippen LogP contribution < -0.4 is 9.64 Å². The predicted octanol–water partition coefficient (Wildman–Crippen LogP) is 15.0. The van der Waals surface area contributed by atoms with Crippen LogP contribution in [0.4, 0.5) is 17.1 Å². The third-order valence-corrected chi connectivity index (χ3v) is 10.9. The molecule has 0 unspecified atom stereocenters. The minimum absolute atomic E-state index is 0.796. The van der Waals surface area contributed by atoms with Crippen molar-refractivity contribution in [3.8, 4) is 56.0 Å². The van der Waals surface area contributed by atoms with Gasteiger partial charge in [0.1, 0.15) is 22.7 Å². The van der Waals surface area contributed by atoms with E-state index in [1.165, 1.54) is 10.8 Å². The van der Waals surface area contributed by atoms with Crippen molar-refractivity contribution in [2.45, 2.75) is 0 Å². The Morgan fingerprint density at radius 3 is 1.85 bits per heavy atom. The molecule has 55 heavy (non-hydrogen) atoms. The van der Waals surface area contributed by atoms with Crippen molar-refractivity contribution in [2.75, 3.05) is 4.90 Å². The molecule has 0 atom stereocenters. The van der Waals surface area contributed by atoms with Crippen molar-refractivity contribution >= 4 is 49.8 Å². The maximum atomic E-state index is 7.26. The van der Waals surface area contributed by atoms with Crippen LogP contribution in [-0.4, -0.2) is 0 Å². The average Bonchev–Trinajstić information content (AvgIpc) is 3.55. The number of fused-ring (bicyclic) bond motifs is 10. The zero-order valence-electron chi connectivity index (χ0n) is 29.8. The van der Waals surface area contributed by atoms with Crippen molar-refractivity contribution in [1.29, 1.82) is 0 Å². The van der Waals surface area contributed by atoms with E-state index in [-0.39, 0.29) is 0 Å². The van der Waals surface area contributed by atoms with Crippen LogP contribution in [0.25, 0.3) is 77.2 Å². The summed E-state index contributed by atoms with van der Waals surface area (Å²) in [4.78, 5) is 2.39. The Morgan fingerprint density at radius 1 is 0.364 bits per heavy atom. The van der Waals surface area contributed by atoms with Gasteiger partial charge in [-0.15, -0.1) is 0 Å². The van der Waals surface area contributed by atoms with Gasteiger partial charge in [0.2, 0.25) is 0 Å². The Balaban J connectivity index is 1.24. The first-order valence-electron chi connectivity index (χ1n) is 18.7. The predicted molar refractivity (Wildman–Crippen MR) is 228 cm³/mol. The second-order valence-electron chi connectivity index (χ2n) is 14.0. The molecular weight excluding hydrogens is 671 g/mol. The van der Waals surface area contributed by atoms with Crippen LogP contribution in [0.5, 0.6) is 11.5 Å². The average molecular weight is 704 g/mol. The first kappa shape index (κ1) is 31.2. The van der Waals surface area contributed by atoms with Crippen LogP contribution in [0.15, 0.2) is 205 Å². The Bertz CT molecular complexity index is 3070. The number of hydrogen-bond acceptors (Lipinski definition) is 3. The number of anilines is 3. The third-order valence-electron chi connectivity index (χ3n) is 10.9. The molecule has 0 saturated carbocycles. The number of rotatable bonds is 5. The molecule has 0 spiro atoms. The minimum atomic E-state index is 0.796. The van der Waals surface area contributed by atoms with Gasteiger partial charge in [0, 0.05) is 50.3 Å². The Labute approximate surface area is 318 Å². The van der Waals surface area contributed by atoms with E-state index in [0.29, 0.717) is 0 Å². The summed E-state index contributed by atoms with van der Waals surface area (Å²) in [6.07, 6.45) is 0. The van der Waals surface area contributed by atoms with Crippen molar-refractivity contribution in [3.05, 3.63) is 200 Å². The van der Waals surface area contributed by atoms with Gasteiger partial charge in [0.15, 0.2) is 0 Å². The quantitative estimate of drug-likeness (QED) is 0.178. The summed E-state index contributed by atoms with van der Waals surface area (Å²) in [5.74, 6) is 1.64. The molecule has 0 fully saturated rings. The molecule has 0 aliphatic carbocycles. The van der Waals surface area contributed by atoms with Gasteiger partial charge in [0.05, 0.1) is 11.4 Å². The van der Waals surface area contributed by atoms with E-state index in [9.17, 15) is 0 Å². The highest BCUT2D eigenvalue weighted by Gasteiger charge is 2.30. The van der Waals surface area contributed by atoms with Gasteiger partial charge in [-0.05, 0) is 63.9 Å². The summed E-state index contributed by atoms with van der Waals surface area (Å²) in [7, 11) is 0. The molecule has 3 heteroatoms. The molecule has 2 heterocycles. The molecule has 0 N–H and O–H groups in total. The van der Waals surface area contributed by atoms with Gasteiger partial charge >= 0.3 is 0 Å². The first-order valence-corrected chi connectivity index (χ1v) is 18.7. The molecular formula is C52H33NO2. The lowest BCUT2D eigenvalue weighted by atomic mass is 9.87. The summed E-state index contributed by atoms with van der Waals surface area (Å²) in [6.45, 7) is 0. The number of ether oxygens (including phenoxy) is 1. The van der Waals surface area contributed by atoms with Crippen LogP contribution in [-0.2, 0) is 0 Å². The molecule has 0 amide bonds. The number of benzene rings is 9. The number of para-hydroxylation sites is 3. The van der Waals surface area contributed by atoms with Crippen molar-refractivity contribution in [2.24, 2.45) is 0 Å². The Kier molecular flexibility index (Phi) is 7.17. The molecule has 0 bridgehead atoms. The van der Waals surface area contributed by atoms with Crippen LogP contribution in [0.3, 0.4) is 0 Å². The highest BCUT2D eigenvalue weighted by molar-refractivity contribution is 6.12. The fourth-order valence-electron chi connectivity index (χ4n) is 8.41. The molecule has 10 aromatic rings. The summed E-state index contributed by atoms with van der Waals surface area (Å²) in [5.41, 5.74) is 13.5. The lowest BCUT2D eigenvalue weighted by Crippen LogP contribution is -2.13. The molecule has 1 aliphatic rings. The van der Waals surface area contributed by atoms with E-state index >= 15 is 0 Å². The topological polar surface area (TPSA) is 25.6 Å². The maximum Gasteiger partial charge on any atom is 0.143 e. The second-order valence-corrected chi connectivity index (χ2v) is 14.0. The van der Waals surface area contributed by atoms with Gasteiger partial charge < -0.3 is 14.1 Å². The second kappa shape index (κ2) is 12.6. The summed E-state index contributed by atoms with van der Waals surface area (Å²) in [6, 6.07) is 70.8. The van der Waals surface area contributed by atoms with Gasteiger partial charge in [-0.3, -0.25) is 0 Å². The van der Waals surface area contributed by atoms with Crippen molar-refractivity contribution in [1.82, 2.24) is 0 Å². The molecule has 9 aromatic carbocycles. The van der Waals surface area contributed by atoms with Crippen LogP contribution in [0.1, 0.15) is 0 Å². The summed E-state index contributed by atoms with van der Waals surface area (Å²) in [5, 5.41) is 4.53. The molecule has 0 radical (unpaired) electrons. The van der Waals surface area contributed by atoms with Crippen molar-refractivity contribution in [3.63, 3.8) is 0 Å². The monoisotopic (exact) mass is 703 g/mol. The largest absolute Gasteiger partial charge is 0.456 e. The fraction of sp³-hybridized carbons (Fsp3) is 0. The van der Waals surface area contributed by atoms with Gasteiger partial charge in [-0.2, -0.15) is 0 Å². The number of furan rings is 1. The van der Waals surface area contributed by atoms with Crippen LogP contribution in [0.2, 0.25) is 0 Å². The van der Waals surface area contributed by atoms with Crippen LogP contribution >= 0.6 is 0 Å². The third kappa shape index (κ3) is 5.05. The minimum Gasteiger partial charge on any atom is -0.456 e. The van der Waals surface area contributed by atoms with Gasteiger partial charge in [-0.25, -0.2) is 0 Å². The van der Waals surface area contributed by atoms with E-state index in [2.05, 4.69) is 193 Å². The standard InChI is InChI=1S/C52H33NO2/c1-3-15-34(16-4-1)38-20-9-11-25-45(38)53(37-30-32-42-41-22-10-12-27-47(41)54-49(42)33-37)46-26-14-28-48-51(46)50-39-21-8-7-19-36(39)29-31-43(50)44-24-13-23-40(52(44)55-48)35-17-5-2-6-18-35/h1-33H. The van der Waals surface area contributed by atoms with E-state index in [1.807, 2.05) is 12.1 Å². The van der Waals surface area contributed by atoms with E-state index in [4.69, 9.17) is 9.15 Å².